The van der Waals surface area contributed by atoms with E-state index in [4.69, 9.17) is 5.11 Å². The number of carbonyl (C=O) groups is 1. The maximum absolute atomic E-state index is 11.6. The highest BCUT2D eigenvalue weighted by atomic mass is 16.3. The van der Waals surface area contributed by atoms with E-state index in [1.165, 1.54) is 0 Å². The van der Waals surface area contributed by atoms with Crippen molar-refractivity contribution in [1.82, 2.24) is 19.9 Å². The van der Waals surface area contributed by atoms with Crippen molar-refractivity contribution in [3.8, 4) is 0 Å². The van der Waals surface area contributed by atoms with E-state index in [2.05, 4.69) is 10.3 Å². The van der Waals surface area contributed by atoms with Gasteiger partial charge in [0.2, 0.25) is 5.91 Å². The third-order valence-corrected chi connectivity index (χ3v) is 3.15. The van der Waals surface area contributed by atoms with Crippen LogP contribution in [0.4, 0.5) is 0 Å². The molecule has 1 N–H and O–H groups in total. The van der Waals surface area contributed by atoms with Crippen LogP contribution in [0, 0.1) is 0 Å². The summed E-state index contributed by atoms with van der Waals surface area (Å²) in [5, 5.41) is 16.8. The lowest BCUT2D eigenvalue weighted by molar-refractivity contribution is -0.132. The molecule has 1 aliphatic heterocycles. The van der Waals surface area contributed by atoms with E-state index in [0.29, 0.717) is 18.7 Å². The molecule has 2 rings (SSSR count). The van der Waals surface area contributed by atoms with Crippen LogP contribution < -0.4 is 0 Å². The monoisotopic (exact) mass is 238 g/mol. The Kier molecular flexibility index (Phi) is 3.73. The molecule has 17 heavy (non-hydrogen) atoms. The Morgan fingerprint density at radius 2 is 2.47 bits per heavy atom. The third-order valence-electron chi connectivity index (χ3n) is 3.15. The standard InChI is InChI=1S/C11H18N4O2/c1-2-11(17)14-5-3-4-10(7-14)15-6-9(8-16)12-13-15/h6,10,16H,2-5,7-8H2,1H3/t10-/m0/s1. The van der Waals surface area contributed by atoms with Gasteiger partial charge >= 0.3 is 0 Å². The predicted octanol–water partition coefficient (Wildman–Crippen LogP) is 0.344. The minimum absolute atomic E-state index is 0.0929. The van der Waals surface area contributed by atoms with Gasteiger partial charge in [0.05, 0.1) is 18.8 Å². The van der Waals surface area contributed by atoms with Gasteiger partial charge in [0.15, 0.2) is 0 Å². The summed E-state index contributed by atoms with van der Waals surface area (Å²) < 4.78 is 1.76. The molecule has 94 valence electrons. The van der Waals surface area contributed by atoms with Gasteiger partial charge in [-0.3, -0.25) is 4.79 Å². The van der Waals surface area contributed by atoms with Gasteiger partial charge < -0.3 is 10.0 Å². The third kappa shape index (κ3) is 2.63. The van der Waals surface area contributed by atoms with Crippen molar-refractivity contribution in [3.05, 3.63) is 11.9 Å². The number of nitrogens with zero attached hydrogens (tertiary/aromatic N) is 4. The van der Waals surface area contributed by atoms with E-state index >= 15 is 0 Å². The number of aliphatic hydroxyl groups is 1. The van der Waals surface area contributed by atoms with Crippen molar-refractivity contribution in [2.45, 2.75) is 38.8 Å². The molecule has 1 aromatic rings. The predicted molar refractivity (Wildman–Crippen MR) is 61.1 cm³/mol. The fourth-order valence-corrected chi connectivity index (χ4v) is 2.19. The summed E-state index contributed by atoms with van der Waals surface area (Å²) in [5.74, 6) is 0.192. The first kappa shape index (κ1) is 12.0. The molecule has 2 heterocycles. The highest BCUT2D eigenvalue weighted by Crippen LogP contribution is 2.21. The van der Waals surface area contributed by atoms with E-state index in [-0.39, 0.29) is 18.6 Å². The van der Waals surface area contributed by atoms with Crippen LogP contribution in [0.1, 0.15) is 37.9 Å². The van der Waals surface area contributed by atoms with Gasteiger partial charge in [0, 0.05) is 19.5 Å². The fraction of sp³-hybridized carbons (Fsp3) is 0.727. The van der Waals surface area contributed by atoms with Crippen LogP contribution >= 0.6 is 0 Å². The maximum atomic E-state index is 11.6. The molecule has 1 saturated heterocycles. The Bertz CT molecular complexity index is 391. The lowest BCUT2D eigenvalue weighted by Gasteiger charge is -2.32. The van der Waals surface area contributed by atoms with Crippen LogP contribution in [0.2, 0.25) is 0 Å². The van der Waals surface area contributed by atoms with Crippen molar-refractivity contribution in [1.29, 1.82) is 0 Å². The molecule has 0 bridgehead atoms. The average molecular weight is 238 g/mol. The summed E-state index contributed by atoms with van der Waals surface area (Å²) in [6, 6.07) is 0.187. The topological polar surface area (TPSA) is 71.2 Å². The molecule has 0 unspecified atom stereocenters. The largest absolute Gasteiger partial charge is 0.390 e. The van der Waals surface area contributed by atoms with Crippen LogP contribution in [-0.2, 0) is 11.4 Å². The molecule has 1 amide bonds. The first-order valence-corrected chi connectivity index (χ1v) is 6.04. The lowest BCUT2D eigenvalue weighted by Crippen LogP contribution is -2.40. The number of likely N-dealkylation sites (tertiary alicyclic amines) is 1. The van der Waals surface area contributed by atoms with Gasteiger partial charge in [-0.25, -0.2) is 4.68 Å². The summed E-state index contributed by atoms with van der Waals surface area (Å²) in [6.45, 7) is 3.32. The minimum atomic E-state index is -0.0929. The van der Waals surface area contributed by atoms with Crippen molar-refractivity contribution in [3.63, 3.8) is 0 Å². The number of hydrogen-bond donors (Lipinski definition) is 1. The molecule has 6 nitrogen and oxygen atoms in total. The molecule has 1 aliphatic rings. The van der Waals surface area contributed by atoms with Gasteiger partial charge in [-0.15, -0.1) is 5.10 Å². The van der Waals surface area contributed by atoms with Crippen molar-refractivity contribution < 1.29 is 9.90 Å². The summed E-state index contributed by atoms with van der Waals surface area (Å²) in [4.78, 5) is 13.5. The zero-order chi connectivity index (χ0) is 12.3. The van der Waals surface area contributed by atoms with Crippen LogP contribution in [0.5, 0.6) is 0 Å². The van der Waals surface area contributed by atoms with Gasteiger partial charge in [0.25, 0.3) is 0 Å². The minimum Gasteiger partial charge on any atom is -0.390 e. The zero-order valence-electron chi connectivity index (χ0n) is 10.0. The van der Waals surface area contributed by atoms with Crippen LogP contribution in [0.3, 0.4) is 0 Å². The molecule has 1 aromatic heterocycles. The Balaban J connectivity index is 2.04. The molecule has 0 radical (unpaired) electrons. The van der Waals surface area contributed by atoms with Crippen molar-refractivity contribution >= 4 is 5.91 Å². The summed E-state index contributed by atoms with van der Waals surface area (Å²) >= 11 is 0. The van der Waals surface area contributed by atoms with Crippen molar-refractivity contribution in [2.24, 2.45) is 0 Å². The van der Waals surface area contributed by atoms with E-state index < -0.39 is 0 Å². The fourth-order valence-electron chi connectivity index (χ4n) is 2.19. The van der Waals surface area contributed by atoms with Gasteiger partial charge in [-0.2, -0.15) is 0 Å². The summed E-state index contributed by atoms with van der Waals surface area (Å²) in [5.41, 5.74) is 0.573. The number of carbonyl (C=O) groups excluding carboxylic acids is 1. The second-order valence-corrected chi connectivity index (χ2v) is 4.34. The van der Waals surface area contributed by atoms with Gasteiger partial charge in [-0.05, 0) is 12.8 Å². The second kappa shape index (κ2) is 5.27. The number of piperidine rings is 1. The first-order chi connectivity index (χ1) is 8.24. The Morgan fingerprint density at radius 1 is 1.65 bits per heavy atom. The number of aromatic nitrogens is 3. The van der Waals surface area contributed by atoms with Crippen LogP contribution in [-0.4, -0.2) is 44.0 Å². The molecule has 6 heteroatoms. The van der Waals surface area contributed by atoms with E-state index in [9.17, 15) is 4.79 Å². The molecule has 0 saturated carbocycles. The molecule has 1 atom stereocenters. The second-order valence-electron chi connectivity index (χ2n) is 4.34. The molecule has 0 aliphatic carbocycles. The molecule has 0 spiro atoms. The zero-order valence-corrected chi connectivity index (χ0v) is 10.0. The molecule has 1 fully saturated rings. The van der Waals surface area contributed by atoms with Crippen LogP contribution in [0.15, 0.2) is 6.20 Å². The van der Waals surface area contributed by atoms with E-state index in [1.54, 1.807) is 10.9 Å². The highest BCUT2D eigenvalue weighted by Gasteiger charge is 2.24. The first-order valence-electron chi connectivity index (χ1n) is 6.04. The van der Waals surface area contributed by atoms with Gasteiger partial charge in [0.1, 0.15) is 5.69 Å². The summed E-state index contributed by atoms with van der Waals surface area (Å²) in [7, 11) is 0. The lowest BCUT2D eigenvalue weighted by atomic mass is 10.1. The SMILES string of the molecule is CCC(=O)N1CCC[C@H](n2cc(CO)nn2)C1. The highest BCUT2D eigenvalue weighted by molar-refractivity contribution is 5.75. The number of rotatable bonds is 3. The molecular formula is C11H18N4O2. The maximum Gasteiger partial charge on any atom is 0.222 e. The molecule has 0 aromatic carbocycles. The van der Waals surface area contributed by atoms with Gasteiger partial charge in [-0.1, -0.05) is 12.1 Å². The summed E-state index contributed by atoms with van der Waals surface area (Å²) in [6.07, 6.45) is 4.29. The average Bonchev–Trinajstić information content (AvgIpc) is 2.86. The number of hydrogen-bond acceptors (Lipinski definition) is 4. The Morgan fingerprint density at radius 3 is 3.12 bits per heavy atom. The number of aliphatic hydroxyl groups excluding tert-OH is 1. The number of amides is 1. The van der Waals surface area contributed by atoms with Crippen LogP contribution in [0.25, 0.3) is 0 Å². The Labute approximate surface area is 100 Å². The quantitative estimate of drug-likeness (QED) is 0.824. The van der Waals surface area contributed by atoms with E-state index in [0.717, 1.165) is 19.4 Å². The normalized spacial score (nSPS) is 20.6. The van der Waals surface area contributed by atoms with Crippen molar-refractivity contribution in [2.75, 3.05) is 13.1 Å². The smallest absolute Gasteiger partial charge is 0.222 e. The Hall–Kier alpha value is -1.43. The molecular weight excluding hydrogens is 220 g/mol. The van der Waals surface area contributed by atoms with E-state index in [1.807, 2.05) is 11.8 Å².